The largest absolute Gasteiger partial charge is 0.508 e. The normalized spacial score (nSPS) is 25.9. The van der Waals surface area contributed by atoms with E-state index in [1.807, 2.05) is 43.7 Å². The maximum Gasteiger partial charge on any atom is 0.223 e. The van der Waals surface area contributed by atoms with Gasteiger partial charge in [0.25, 0.3) is 0 Å². The van der Waals surface area contributed by atoms with Crippen molar-refractivity contribution >= 4 is 28.8 Å². The number of amidine groups is 1. The summed E-state index contributed by atoms with van der Waals surface area (Å²) in [6, 6.07) is 9.21. The number of anilines is 1. The zero-order valence-electron chi connectivity index (χ0n) is 19.4. The molecule has 1 aromatic heterocycles. The first-order valence-electron chi connectivity index (χ1n) is 11.9. The number of nitrogens with one attached hydrogen (secondary N) is 2. The number of amides is 1. The van der Waals surface area contributed by atoms with Crippen LogP contribution in [0.1, 0.15) is 62.9 Å². The van der Waals surface area contributed by atoms with Gasteiger partial charge in [-0.3, -0.25) is 9.79 Å². The highest BCUT2D eigenvalue weighted by atomic mass is 32.2. The van der Waals surface area contributed by atoms with E-state index < -0.39 is 0 Å². The first kappa shape index (κ1) is 22.7. The number of benzene rings is 1. The second kappa shape index (κ2) is 9.66. The van der Waals surface area contributed by atoms with E-state index in [1.54, 1.807) is 30.1 Å². The van der Waals surface area contributed by atoms with Gasteiger partial charge in [-0.1, -0.05) is 30.3 Å². The highest BCUT2D eigenvalue weighted by Gasteiger charge is 2.40. The number of hydrogen-bond acceptors (Lipinski definition) is 8. The number of carbonyl (C=O) groups is 1. The molecule has 3 aliphatic rings. The van der Waals surface area contributed by atoms with Gasteiger partial charge < -0.3 is 20.6 Å². The van der Waals surface area contributed by atoms with E-state index in [2.05, 4.69) is 20.5 Å². The molecular weight excluding hydrogens is 448 g/mol. The lowest BCUT2D eigenvalue weighted by Crippen LogP contribution is -2.40. The summed E-state index contributed by atoms with van der Waals surface area (Å²) in [6.45, 7) is 3.98. The van der Waals surface area contributed by atoms with Crippen LogP contribution in [0.2, 0.25) is 0 Å². The molecule has 0 bridgehead atoms. The van der Waals surface area contributed by atoms with Crippen LogP contribution in [0.4, 0.5) is 5.95 Å². The molecule has 2 aromatic rings. The number of rotatable bonds is 6. The van der Waals surface area contributed by atoms with Crippen LogP contribution in [-0.4, -0.2) is 43.1 Å². The zero-order chi connectivity index (χ0) is 23.7. The summed E-state index contributed by atoms with van der Waals surface area (Å²) in [5.74, 6) is 0.958. The molecule has 34 heavy (non-hydrogen) atoms. The van der Waals surface area contributed by atoms with Gasteiger partial charge in [-0.2, -0.15) is 0 Å². The third-order valence-corrected chi connectivity index (χ3v) is 7.25. The molecule has 4 atom stereocenters. The Kier molecular flexibility index (Phi) is 6.45. The van der Waals surface area contributed by atoms with Crippen LogP contribution >= 0.6 is 11.8 Å². The molecule has 3 heterocycles. The number of thioether (sulfide) groups is 1. The summed E-state index contributed by atoms with van der Waals surface area (Å²) in [5.41, 5.74) is 1.81. The van der Waals surface area contributed by atoms with Crippen LogP contribution in [0.3, 0.4) is 0 Å². The third-order valence-electron chi connectivity index (χ3n) is 6.47. The first-order chi connectivity index (χ1) is 16.5. The average Bonchev–Trinajstić information content (AvgIpc) is 3.40. The first-order valence-corrected chi connectivity index (χ1v) is 12.7. The predicted octanol–water partition coefficient (Wildman–Crippen LogP) is 4.35. The summed E-state index contributed by atoms with van der Waals surface area (Å²) in [6.07, 6.45) is 7.51. The number of hydrogen-bond donors (Lipinski definition) is 3. The zero-order valence-corrected chi connectivity index (χ0v) is 20.2. The van der Waals surface area contributed by atoms with Gasteiger partial charge in [0.1, 0.15) is 17.8 Å². The Morgan fingerprint density at radius 2 is 2.15 bits per heavy atom. The Labute approximate surface area is 204 Å². The molecule has 8 nitrogen and oxygen atoms in total. The molecule has 1 aliphatic carbocycles. The topological polar surface area (TPSA) is 103 Å². The van der Waals surface area contributed by atoms with Gasteiger partial charge in [0, 0.05) is 30.4 Å². The van der Waals surface area contributed by atoms with E-state index in [-0.39, 0.29) is 41.7 Å². The van der Waals surface area contributed by atoms with Gasteiger partial charge in [-0.05, 0) is 62.3 Å². The Balaban J connectivity index is 1.35. The minimum Gasteiger partial charge on any atom is -0.508 e. The second-order valence-electron chi connectivity index (χ2n) is 9.38. The van der Waals surface area contributed by atoms with Crippen molar-refractivity contribution in [2.24, 2.45) is 10.9 Å². The van der Waals surface area contributed by atoms with Crippen LogP contribution < -0.4 is 10.6 Å². The Morgan fingerprint density at radius 3 is 2.97 bits per heavy atom. The lowest BCUT2D eigenvalue weighted by Gasteiger charge is -2.30. The number of aromatic nitrogens is 2. The predicted molar refractivity (Wildman–Crippen MR) is 134 cm³/mol. The Morgan fingerprint density at radius 1 is 1.26 bits per heavy atom. The maximum absolute atomic E-state index is 12.5. The number of nitrogens with zero attached hydrogens (tertiary/aromatic N) is 4. The molecule has 9 heteroatoms. The Hall–Kier alpha value is -3.07. The van der Waals surface area contributed by atoms with Crippen molar-refractivity contribution in [3.8, 4) is 5.75 Å². The standard InChI is InChI=1S/C25H30N6O2S/c1-15(2)27-23(33)17-6-3-7-18(13-17)28-24-26-10-9-20(29-24)22-21(16-5-4-8-19(32)14-16)30-25-31(22)11-12-34-25/h4-5,8-12,14-15,17-18,21-22,32H,3,6-7,13H2,1-2H3,(H,27,33)(H,26,28,29)/t17?,18-,21?,22?/m1/s1. The number of fused-ring (bicyclic) bond motifs is 1. The number of aliphatic imine (C=N–C) groups is 1. The summed E-state index contributed by atoms with van der Waals surface area (Å²) in [4.78, 5) is 28.9. The fraction of sp³-hybridized carbons (Fsp3) is 0.440. The summed E-state index contributed by atoms with van der Waals surface area (Å²) < 4.78 is 0. The second-order valence-corrected chi connectivity index (χ2v) is 10.3. The van der Waals surface area contributed by atoms with E-state index in [4.69, 9.17) is 9.98 Å². The van der Waals surface area contributed by atoms with E-state index in [9.17, 15) is 9.90 Å². The number of phenolic OH excluding ortho intramolecular Hbond substituents is 1. The quantitative estimate of drug-likeness (QED) is 0.567. The molecule has 1 fully saturated rings. The van der Waals surface area contributed by atoms with Crippen molar-refractivity contribution < 1.29 is 9.90 Å². The van der Waals surface area contributed by atoms with Crippen LogP contribution in [-0.2, 0) is 4.79 Å². The molecule has 3 unspecified atom stereocenters. The highest BCUT2D eigenvalue weighted by Crippen LogP contribution is 2.46. The van der Waals surface area contributed by atoms with Crippen molar-refractivity contribution in [2.45, 2.75) is 63.7 Å². The van der Waals surface area contributed by atoms with Crippen molar-refractivity contribution in [1.29, 1.82) is 0 Å². The van der Waals surface area contributed by atoms with E-state index in [0.717, 1.165) is 42.1 Å². The van der Waals surface area contributed by atoms with E-state index in [0.29, 0.717) is 5.95 Å². The van der Waals surface area contributed by atoms with Gasteiger partial charge in [0.05, 0.1) is 5.69 Å². The number of carbonyl (C=O) groups excluding carboxylic acids is 1. The molecule has 0 radical (unpaired) electrons. The fourth-order valence-corrected chi connectivity index (χ4v) is 5.74. The Bertz CT molecular complexity index is 1120. The highest BCUT2D eigenvalue weighted by molar-refractivity contribution is 8.16. The van der Waals surface area contributed by atoms with E-state index in [1.165, 1.54) is 0 Å². The molecule has 2 aliphatic heterocycles. The monoisotopic (exact) mass is 478 g/mol. The van der Waals surface area contributed by atoms with E-state index >= 15 is 0 Å². The van der Waals surface area contributed by atoms with Crippen molar-refractivity contribution in [2.75, 3.05) is 5.32 Å². The van der Waals surface area contributed by atoms with Gasteiger partial charge in [-0.15, -0.1) is 0 Å². The summed E-state index contributed by atoms with van der Waals surface area (Å²) in [5, 5.41) is 19.5. The minimum atomic E-state index is -0.180. The number of phenols is 1. The molecule has 1 aromatic carbocycles. The lowest BCUT2D eigenvalue weighted by molar-refractivity contribution is -0.126. The summed E-state index contributed by atoms with van der Waals surface area (Å²) in [7, 11) is 0. The molecule has 0 spiro atoms. The van der Waals surface area contributed by atoms with Gasteiger partial charge in [0.2, 0.25) is 11.9 Å². The third kappa shape index (κ3) is 4.75. The molecule has 5 rings (SSSR count). The van der Waals surface area contributed by atoms with Gasteiger partial charge in [-0.25, -0.2) is 9.97 Å². The average molecular weight is 479 g/mol. The summed E-state index contributed by atoms with van der Waals surface area (Å²) >= 11 is 1.59. The fourth-order valence-electron chi connectivity index (χ4n) is 4.95. The molecule has 178 valence electrons. The van der Waals surface area contributed by atoms with Crippen molar-refractivity contribution in [3.63, 3.8) is 0 Å². The van der Waals surface area contributed by atoms with Crippen molar-refractivity contribution in [1.82, 2.24) is 20.2 Å². The SMILES string of the molecule is CC(C)NC(=O)C1CCC[C@@H](Nc2nccc(C3C(c4cccc(O)c4)N=C4SC=CN43)n2)C1. The van der Waals surface area contributed by atoms with Gasteiger partial charge >= 0.3 is 0 Å². The van der Waals surface area contributed by atoms with Gasteiger partial charge in [0.15, 0.2) is 5.17 Å². The van der Waals surface area contributed by atoms with Crippen LogP contribution in [0.15, 0.2) is 53.1 Å². The van der Waals surface area contributed by atoms with Crippen molar-refractivity contribution in [3.05, 3.63) is 59.4 Å². The maximum atomic E-state index is 12.5. The number of aromatic hydroxyl groups is 1. The van der Waals surface area contributed by atoms with Crippen LogP contribution in [0.5, 0.6) is 5.75 Å². The minimum absolute atomic E-state index is 0.0181. The molecule has 3 N–H and O–H groups in total. The molecule has 1 saturated carbocycles. The van der Waals surface area contributed by atoms with Crippen LogP contribution in [0, 0.1) is 5.92 Å². The smallest absolute Gasteiger partial charge is 0.223 e. The van der Waals surface area contributed by atoms with Crippen LogP contribution in [0.25, 0.3) is 0 Å². The lowest BCUT2D eigenvalue weighted by atomic mass is 9.85. The molecule has 0 saturated heterocycles. The molecule has 1 amide bonds. The molecular formula is C25H30N6O2S.